The molecule has 1 aromatic carbocycles. The average Bonchev–Trinajstić information content (AvgIpc) is 2.26. The third kappa shape index (κ3) is 4.85. The van der Waals surface area contributed by atoms with Gasteiger partial charge in [0.05, 0.1) is 11.6 Å². The highest BCUT2D eigenvalue weighted by Gasteiger charge is 2.33. The minimum absolute atomic E-state index is 0.111. The summed E-state index contributed by atoms with van der Waals surface area (Å²) in [6.45, 7) is 9.78. The monoisotopic (exact) mass is 278 g/mol. The maximum atomic E-state index is 11.7. The normalized spacial score (nSPS) is 15.7. The first-order valence-corrected chi connectivity index (χ1v) is 7.04. The molecule has 0 spiro atoms. The second kappa shape index (κ2) is 6.75. The van der Waals surface area contributed by atoms with Crippen molar-refractivity contribution in [3.05, 3.63) is 29.8 Å². The molecule has 1 amide bonds. The van der Waals surface area contributed by atoms with Crippen LogP contribution in [-0.2, 0) is 4.79 Å². The summed E-state index contributed by atoms with van der Waals surface area (Å²) in [7, 11) is 0. The Kier molecular flexibility index (Phi) is 5.57. The largest absolute Gasteiger partial charge is 0.491 e. The van der Waals surface area contributed by atoms with Gasteiger partial charge in [0.15, 0.2) is 0 Å². The summed E-state index contributed by atoms with van der Waals surface area (Å²) >= 11 is 0. The topological polar surface area (TPSA) is 64.3 Å². The van der Waals surface area contributed by atoms with Gasteiger partial charge in [-0.25, -0.2) is 0 Å². The smallest absolute Gasteiger partial charge is 0.237 e. The number of benzene rings is 1. The van der Waals surface area contributed by atoms with Crippen molar-refractivity contribution in [1.29, 1.82) is 0 Å². The SMILES string of the molecule is Cc1cccc(OC(C)CC(C)(NC(C)C)C(N)=O)c1. The van der Waals surface area contributed by atoms with E-state index in [1.807, 2.05) is 58.9 Å². The molecule has 0 saturated carbocycles. The molecule has 0 radical (unpaired) electrons. The van der Waals surface area contributed by atoms with Crippen LogP contribution in [-0.4, -0.2) is 23.6 Å². The molecule has 0 saturated heterocycles. The van der Waals surface area contributed by atoms with Crippen molar-refractivity contribution in [3.63, 3.8) is 0 Å². The van der Waals surface area contributed by atoms with Crippen LogP contribution in [0.3, 0.4) is 0 Å². The zero-order chi connectivity index (χ0) is 15.3. The lowest BCUT2D eigenvalue weighted by Gasteiger charge is -2.32. The molecule has 0 heterocycles. The van der Waals surface area contributed by atoms with Gasteiger partial charge < -0.3 is 15.8 Å². The van der Waals surface area contributed by atoms with Crippen molar-refractivity contribution < 1.29 is 9.53 Å². The van der Waals surface area contributed by atoms with Gasteiger partial charge in [0, 0.05) is 12.5 Å². The van der Waals surface area contributed by atoms with Crippen molar-refractivity contribution in [3.8, 4) is 5.75 Å². The molecular weight excluding hydrogens is 252 g/mol. The number of carbonyl (C=O) groups is 1. The molecule has 4 heteroatoms. The number of aryl methyl sites for hydroxylation is 1. The van der Waals surface area contributed by atoms with E-state index in [0.29, 0.717) is 6.42 Å². The van der Waals surface area contributed by atoms with Crippen LogP contribution >= 0.6 is 0 Å². The molecule has 1 rings (SSSR count). The Morgan fingerprint density at radius 2 is 2.05 bits per heavy atom. The van der Waals surface area contributed by atoms with E-state index in [1.165, 1.54) is 0 Å². The van der Waals surface area contributed by atoms with E-state index < -0.39 is 5.54 Å². The maximum absolute atomic E-state index is 11.7. The molecule has 20 heavy (non-hydrogen) atoms. The third-order valence-electron chi connectivity index (χ3n) is 3.17. The highest BCUT2D eigenvalue weighted by molar-refractivity contribution is 5.84. The van der Waals surface area contributed by atoms with E-state index in [2.05, 4.69) is 5.32 Å². The van der Waals surface area contributed by atoms with Crippen LogP contribution in [0, 0.1) is 6.92 Å². The standard InChI is InChI=1S/C16H26N2O2/c1-11(2)18-16(5,15(17)19)10-13(4)20-14-8-6-7-12(3)9-14/h6-9,11,13,18H,10H2,1-5H3,(H2,17,19). The van der Waals surface area contributed by atoms with Gasteiger partial charge in [-0.1, -0.05) is 12.1 Å². The van der Waals surface area contributed by atoms with Gasteiger partial charge in [0.1, 0.15) is 5.75 Å². The summed E-state index contributed by atoms with van der Waals surface area (Å²) in [5, 5.41) is 3.23. The number of hydrogen-bond acceptors (Lipinski definition) is 3. The average molecular weight is 278 g/mol. The number of amides is 1. The summed E-state index contributed by atoms with van der Waals surface area (Å²) in [6.07, 6.45) is 0.412. The van der Waals surface area contributed by atoms with Crippen molar-refractivity contribution in [2.75, 3.05) is 0 Å². The lowest BCUT2D eigenvalue weighted by Crippen LogP contribution is -2.57. The second-order valence-electron chi connectivity index (χ2n) is 5.94. The lowest BCUT2D eigenvalue weighted by atomic mass is 9.93. The van der Waals surface area contributed by atoms with Crippen LogP contribution in [0.4, 0.5) is 0 Å². The number of hydrogen-bond donors (Lipinski definition) is 2. The Balaban J connectivity index is 2.71. The maximum Gasteiger partial charge on any atom is 0.237 e. The quantitative estimate of drug-likeness (QED) is 0.805. The van der Waals surface area contributed by atoms with Gasteiger partial charge in [-0.2, -0.15) is 0 Å². The first kappa shape index (κ1) is 16.5. The third-order valence-corrected chi connectivity index (χ3v) is 3.17. The van der Waals surface area contributed by atoms with Crippen LogP contribution in [0.25, 0.3) is 0 Å². The van der Waals surface area contributed by atoms with Crippen molar-refractivity contribution in [2.24, 2.45) is 5.73 Å². The number of nitrogens with one attached hydrogen (secondary N) is 1. The Labute approximate surface area is 121 Å². The van der Waals surface area contributed by atoms with E-state index in [-0.39, 0.29) is 18.1 Å². The van der Waals surface area contributed by atoms with E-state index >= 15 is 0 Å². The molecule has 2 unspecified atom stereocenters. The van der Waals surface area contributed by atoms with Crippen molar-refractivity contribution in [1.82, 2.24) is 5.32 Å². The highest BCUT2D eigenvalue weighted by Crippen LogP contribution is 2.20. The van der Waals surface area contributed by atoms with Crippen molar-refractivity contribution in [2.45, 2.75) is 58.7 Å². The zero-order valence-corrected chi connectivity index (χ0v) is 13.1. The number of nitrogens with two attached hydrogens (primary N) is 1. The number of rotatable bonds is 7. The fourth-order valence-corrected chi connectivity index (χ4v) is 2.41. The van der Waals surface area contributed by atoms with Crippen LogP contribution in [0.5, 0.6) is 5.75 Å². The fourth-order valence-electron chi connectivity index (χ4n) is 2.41. The number of ether oxygens (including phenoxy) is 1. The highest BCUT2D eigenvalue weighted by atomic mass is 16.5. The predicted molar refractivity (Wildman–Crippen MR) is 81.8 cm³/mol. The molecule has 1 aromatic rings. The Morgan fingerprint density at radius 3 is 2.55 bits per heavy atom. The minimum atomic E-state index is -0.766. The zero-order valence-electron chi connectivity index (χ0n) is 13.1. The second-order valence-corrected chi connectivity index (χ2v) is 5.94. The van der Waals surface area contributed by atoms with E-state index in [4.69, 9.17) is 10.5 Å². The Bertz CT molecular complexity index is 460. The van der Waals surface area contributed by atoms with Crippen LogP contribution in [0.1, 0.15) is 39.7 Å². The summed E-state index contributed by atoms with van der Waals surface area (Å²) in [5.74, 6) is 0.458. The van der Waals surface area contributed by atoms with Gasteiger partial charge in [-0.3, -0.25) is 4.79 Å². The Hall–Kier alpha value is -1.55. The molecule has 4 nitrogen and oxygen atoms in total. The van der Waals surface area contributed by atoms with Gasteiger partial charge in [0.25, 0.3) is 0 Å². The molecule has 0 aromatic heterocycles. The van der Waals surface area contributed by atoms with Crippen molar-refractivity contribution >= 4 is 5.91 Å². The molecule has 0 aliphatic rings. The molecule has 0 bridgehead atoms. The minimum Gasteiger partial charge on any atom is -0.491 e. The molecule has 112 valence electrons. The Morgan fingerprint density at radius 1 is 1.40 bits per heavy atom. The first-order chi connectivity index (χ1) is 9.23. The van der Waals surface area contributed by atoms with Crippen LogP contribution in [0.2, 0.25) is 0 Å². The summed E-state index contributed by atoms with van der Waals surface area (Å²) < 4.78 is 5.87. The first-order valence-electron chi connectivity index (χ1n) is 7.04. The van der Waals surface area contributed by atoms with Gasteiger partial charge in [-0.15, -0.1) is 0 Å². The van der Waals surface area contributed by atoms with E-state index in [1.54, 1.807) is 0 Å². The van der Waals surface area contributed by atoms with E-state index in [0.717, 1.165) is 11.3 Å². The number of carbonyl (C=O) groups excluding carboxylic acids is 1. The molecule has 2 atom stereocenters. The lowest BCUT2D eigenvalue weighted by molar-refractivity contribution is -0.125. The summed E-state index contributed by atoms with van der Waals surface area (Å²) in [6, 6.07) is 8.05. The summed E-state index contributed by atoms with van der Waals surface area (Å²) in [5.41, 5.74) is 5.91. The predicted octanol–water partition coefficient (Wildman–Crippen LogP) is 2.39. The van der Waals surface area contributed by atoms with Gasteiger partial charge >= 0.3 is 0 Å². The molecule has 0 fully saturated rings. The van der Waals surface area contributed by atoms with Crippen LogP contribution in [0.15, 0.2) is 24.3 Å². The van der Waals surface area contributed by atoms with Crippen LogP contribution < -0.4 is 15.8 Å². The summed E-state index contributed by atoms with van der Waals surface area (Å²) in [4.78, 5) is 11.7. The molecule has 3 N–H and O–H groups in total. The molecule has 0 aliphatic carbocycles. The number of primary amides is 1. The fraction of sp³-hybridized carbons (Fsp3) is 0.562. The van der Waals surface area contributed by atoms with Gasteiger partial charge in [-0.05, 0) is 52.3 Å². The molecular formula is C16H26N2O2. The van der Waals surface area contributed by atoms with E-state index in [9.17, 15) is 4.79 Å². The van der Waals surface area contributed by atoms with Gasteiger partial charge in [0.2, 0.25) is 5.91 Å². The molecule has 0 aliphatic heterocycles.